The highest BCUT2D eigenvalue weighted by atomic mass is 16.2. The van der Waals surface area contributed by atoms with Gasteiger partial charge in [-0.25, -0.2) is 0 Å². The summed E-state index contributed by atoms with van der Waals surface area (Å²) in [4.78, 5) is 12.3. The van der Waals surface area contributed by atoms with Gasteiger partial charge in [-0.15, -0.1) is 10.2 Å². The van der Waals surface area contributed by atoms with Gasteiger partial charge in [0, 0.05) is 12.1 Å². The highest BCUT2D eigenvalue weighted by Crippen LogP contribution is 2.20. The quantitative estimate of drug-likeness (QED) is 0.817. The van der Waals surface area contributed by atoms with Crippen molar-refractivity contribution in [3.05, 3.63) is 17.8 Å². The van der Waals surface area contributed by atoms with Gasteiger partial charge in [0.1, 0.15) is 5.82 Å². The molecule has 1 heterocycles. The van der Waals surface area contributed by atoms with Crippen LogP contribution in [0.1, 0.15) is 87.5 Å². The molecule has 1 aromatic heterocycles. The van der Waals surface area contributed by atoms with E-state index < -0.39 is 0 Å². The van der Waals surface area contributed by atoms with Crippen LogP contribution in [0.4, 0.5) is 5.82 Å². The van der Waals surface area contributed by atoms with Gasteiger partial charge in [0.15, 0.2) is 5.69 Å². The summed E-state index contributed by atoms with van der Waals surface area (Å²) in [5.74, 6) is 0.698. The van der Waals surface area contributed by atoms with Crippen LogP contribution >= 0.6 is 0 Å². The molecule has 0 bridgehead atoms. The fourth-order valence-electron chi connectivity index (χ4n) is 3.85. The van der Waals surface area contributed by atoms with Gasteiger partial charge in [0.25, 0.3) is 5.91 Å². The first-order chi connectivity index (χ1) is 11.8. The lowest BCUT2D eigenvalue weighted by atomic mass is 10.1. The molecule has 1 amide bonds. The first-order valence-electron chi connectivity index (χ1n) is 9.72. The van der Waals surface area contributed by atoms with Crippen LogP contribution in [0.2, 0.25) is 0 Å². The summed E-state index contributed by atoms with van der Waals surface area (Å²) < 4.78 is 0. The molecule has 5 heteroatoms. The Kier molecular flexibility index (Phi) is 6.44. The summed E-state index contributed by atoms with van der Waals surface area (Å²) in [6, 6.07) is 4.47. The lowest BCUT2D eigenvalue weighted by Gasteiger charge is -2.17. The van der Waals surface area contributed by atoms with E-state index in [2.05, 4.69) is 20.8 Å². The Labute approximate surface area is 145 Å². The maximum Gasteiger partial charge on any atom is 0.272 e. The van der Waals surface area contributed by atoms with E-state index in [4.69, 9.17) is 0 Å². The third-order valence-electron chi connectivity index (χ3n) is 5.29. The van der Waals surface area contributed by atoms with Gasteiger partial charge in [-0.05, 0) is 37.8 Å². The molecule has 0 unspecified atom stereocenters. The van der Waals surface area contributed by atoms with E-state index in [1.807, 2.05) is 6.07 Å². The number of rotatable bonds is 4. The van der Waals surface area contributed by atoms with Crippen LogP contribution < -0.4 is 10.6 Å². The Bertz CT molecular complexity index is 501. The van der Waals surface area contributed by atoms with E-state index in [1.54, 1.807) is 6.07 Å². The minimum atomic E-state index is -0.0876. The summed E-state index contributed by atoms with van der Waals surface area (Å²) in [5.41, 5.74) is 0.422. The Morgan fingerprint density at radius 2 is 1.38 bits per heavy atom. The molecule has 2 fully saturated rings. The summed E-state index contributed by atoms with van der Waals surface area (Å²) in [5, 5.41) is 14.9. The monoisotopic (exact) mass is 330 g/mol. The van der Waals surface area contributed by atoms with E-state index >= 15 is 0 Å². The SMILES string of the molecule is O=C(NC1CCCCCC1)c1ccc(NC2CCCCCC2)nn1. The Morgan fingerprint density at radius 1 is 0.792 bits per heavy atom. The number of nitrogens with one attached hydrogen (secondary N) is 2. The van der Waals surface area contributed by atoms with Crippen LogP contribution in [-0.2, 0) is 0 Å². The average Bonchev–Trinajstić information content (AvgIpc) is 3.00. The molecule has 0 atom stereocenters. The molecule has 2 aliphatic carbocycles. The first-order valence-corrected chi connectivity index (χ1v) is 9.72. The van der Waals surface area contributed by atoms with Crippen LogP contribution in [-0.4, -0.2) is 28.2 Å². The molecular weight excluding hydrogens is 300 g/mol. The molecule has 2 saturated carbocycles. The Balaban J connectivity index is 1.52. The molecule has 24 heavy (non-hydrogen) atoms. The standard InChI is InChI=1S/C19H30N4O/c24-19(21-16-11-7-3-4-8-12-16)17-13-14-18(23-22-17)20-15-9-5-1-2-6-10-15/h13-16H,1-12H2,(H,20,23)(H,21,24). The highest BCUT2D eigenvalue weighted by Gasteiger charge is 2.17. The van der Waals surface area contributed by atoms with E-state index in [9.17, 15) is 4.79 Å². The molecular formula is C19H30N4O. The molecule has 3 rings (SSSR count). The first kappa shape index (κ1) is 17.2. The van der Waals surface area contributed by atoms with Crippen molar-refractivity contribution in [2.24, 2.45) is 0 Å². The number of carbonyl (C=O) groups is 1. The summed E-state index contributed by atoms with van der Waals surface area (Å²) in [6.45, 7) is 0. The molecule has 0 spiro atoms. The van der Waals surface area contributed by atoms with Crippen LogP contribution in [0.15, 0.2) is 12.1 Å². The van der Waals surface area contributed by atoms with Crippen molar-refractivity contribution in [3.63, 3.8) is 0 Å². The Hall–Kier alpha value is -1.65. The molecule has 2 aliphatic rings. The zero-order valence-electron chi connectivity index (χ0n) is 14.6. The second-order valence-electron chi connectivity index (χ2n) is 7.30. The fourth-order valence-corrected chi connectivity index (χ4v) is 3.85. The maximum absolute atomic E-state index is 12.3. The summed E-state index contributed by atoms with van der Waals surface area (Å²) in [6.07, 6.45) is 14.8. The number of carbonyl (C=O) groups excluding carboxylic acids is 1. The van der Waals surface area contributed by atoms with Crippen LogP contribution in [0.3, 0.4) is 0 Å². The van der Waals surface area contributed by atoms with Crippen molar-refractivity contribution < 1.29 is 4.79 Å². The van der Waals surface area contributed by atoms with Crippen LogP contribution in [0.5, 0.6) is 0 Å². The van der Waals surface area contributed by atoms with Crippen molar-refractivity contribution in [1.29, 1.82) is 0 Å². The molecule has 0 radical (unpaired) electrons. The largest absolute Gasteiger partial charge is 0.366 e. The molecule has 0 aromatic carbocycles. The predicted octanol–water partition coefficient (Wildman–Crippen LogP) is 4.06. The minimum Gasteiger partial charge on any atom is -0.366 e. The zero-order valence-corrected chi connectivity index (χ0v) is 14.6. The topological polar surface area (TPSA) is 66.9 Å². The highest BCUT2D eigenvalue weighted by molar-refractivity contribution is 5.92. The van der Waals surface area contributed by atoms with Gasteiger partial charge in [0.2, 0.25) is 0 Å². The fraction of sp³-hybridized carbons (Fsp3) is 0.737. The number of anilines is 1. The maximum atomic E-state index is 12.3. The van der Waals surface area contributed by atoms with Crippen molar-refractivity contribution in [2.45, 2.75) is 89.1 Å². The second kappa shape index (κ2) is 9.00. The predicted molar refractivity (Wildman–Crippen MR) is 96.1 cm³/mol. The number of aromatic nitrogens is 2. The van der Waals surface area contributed by atoms with E-state index in [-0.39, 0.29) is 5.91 Å². The van der Waals surface area contributed by atoms with Gasteiger partial charge in [-0.2, -0.15) is 0 Å². The zero-order chi connectivity index (χ0) is 16.6. The molecule has 0 aliphatic heterocycles. The lowest BCUT2D eigenvalue weighted by Crippen LogP contribution is -2.35. The second-order valence-corrected chi connectivity index (χ2v) is 7.30. The van der Waals surface area contributed by atoms with Gasteiger partial charge in [-0.3, -0.25) is 4.79 Å². The third-order valence-corrected chi connectivity index (χ3v) is 5.29. The average molecular weight is 330 g/mol. The summed E-state index contributed by atoms with van der Waals surface area (Å²) >= 11 is 0. The lowest BCUT2D eigenvalue weighted by molar-refractivity contribution is 0.0927. The van der Waals surface area contributed by atoms with Crippen molar-refractivity contribution in [3.8, 4) is 0 Å². The van der Waals surface area contributed by atoms with Crippen molar-refractivity contribution in [2.75, 3.05) is 5.32 Å². The minimum absolute atomic E-state index is 0.0876. The smallest absolute Gasteiger partial charge is 0.272 e. The normalized spacial score (nSPS) is 20.8. The molecule has 0 saturated heterocycles. The van der Waals surface area contributed by atoms with E-state index in [1.165, 1.54) is 64.2 Å². The summed E-state index contributed by atoms with van der Waals surface area (Å²) in [7, 11) is 0. The van der Waals surface area contributed by atoms with Gasteiger partial charge < -0.3 is 10.6 Å². The van der Waals surface area contributed by atoms with Crippen LogP contribution in [0, 0.1) is 0 Å². The van der Waals surface area contributed by atoms with Gasteiger partial charge >= 0.3 is 0 Å². The van der Waals surface area contributed by atoms with E-state index in [0.717, 1.165) is 18.7 Å². The molecule has 5 nitrogen and oxygen atoms in total. The Morgan fingerprint density at radius 3 is 1.92 bits per heavy atom. The molecule has 2 N–H and O–H groups in total. The number of hydrogen-bond donors (Lipinski definition) is 2. The molecule has 132 valence electrons. The van der Waals surface area contributed by atoms with Gasteiger partial charge in [-0.1, -0.05) is 51.4 Å². The number of nitrogens with zero attached hydrogens (tertiary/aromatic N) is 2. The number of amides is 1. The number of hydrogen-bond acceptors (Lipinski definition) is 4. The third kappa shape index (κ3) is 5.18. The van der Waals surface area contributed by atoms with Gasteiger partial charge in [0.05, 0.1) is 0 Å². The molecule has 1 aromatic rings. The van der Waals surface area contributed by atoms with Crippen molar-refractivity contribution in [1.82, 2.24) is 15.5 Å². The van der Waals surface area contributed by atoms with Crippen LogP contribution in [0.25, 0.3) is 0 Å². The van der Waals surface area contributed by atoms with Crippen molar-refractivity contribution >= 4 is 11.7 Å². The van der Waals surface area contributed by atoms with E-state index in [0.29, 0.717) is 17.8 Å².